The highest BCUT2D eigenvalue weighted by atomic mass is 79.9. The Morgan fingerprint density at radius 3 is 2.76 bits per heavy atom. The van der Waals surface area contributed by atoms with Crippen molar-refractivity contribution < 1.29 is 9.18 Å². The molecule has 0 bridgehead atoms. The molecular weight excluding hydrogens is 307 g/mol. The molecule has 1 aromatic carbocycles. The minimum Gasteiger partial charge on any atom is -0.393 e. The lowest BCUT2D eigenvalue weighted by Gasteiger charge is -2.13. The van der Waals surface area contributed by atoms with Gasteiger partial charge >= 0.3 is 0 Å². The van der Waals surface area contributed by atoms with Crippen molar-refractivity contribution in [1.82, 2.24) is 0 Å². The van der Waals surface area contributed by atoms with Crippen molar-refractivity contribution in [1.29, 1.82) is 0 Å². The van der Waals surface area contributed by atoms with Gasteiger partial charge in [0.2, 0.25) is 5.91 Å². The van der Waals surface area contributed by atoms with Gasteiger partial charge in [0.05, 0.1) is 16.6 Å². The molecule has 1 atom stereocenters. The van der Waals surface area contributed by atoms with Crippen LogP contribution in [0.5, 0.6) is 0 Å². The molecule has 0 spiro atoms. The SMILES string of the molecule is CCC(C(=O)Nc1ccc(Br)cc1F)C(N)=S. The zero-order valence-electron chi connectivity index (χ0n) is 9.17. The van der Waals surface area contributed by atoms with Gasteiger partial charge in [-0.2, -0.15) is 0 Å². The monoisotopic (exact) mass is 318 g/mol. The molecule has 17 heavy (non-hydrogen) atoms. The summed E-state index contributed by atoms with van der Waals surface area (Å²) < 4.78 is 14.1. The Morgan fingerprint density at radius 1 is 1.65 bits per heavy atom. The third-order valence-corrected chi connectivity index (χ3v) is 3.03. The Balaban J connectivity index is 2.84. The number of amides is 1. The zero-order chi connectivity index (χ0) is 13.0. The van der Waals surface area contributed by atoms with Crippen LogP contribution in [0.15, 0.2) is 22.7 Å². The Bertz CT molecular complexity index is 453. The van der Waals surface area contributed by atoms with Crippen LogP contribution >= 0.6 is 28.1 Å². The number of benzene rings is 1. The number of anilines is 1. The number of nitrogens with one attached hydrogen (secondary N) is 1. The number of carbonyl (C=O) groups is 1. The first-order valence-electron chi connectivity index (χ1n) is 5.01. The smallest absolute Gasteiger partial charge is 0.234 e. The van der Waals surface area contributed by atoms with Crippen LogP contribution in [0, 0.1) is 11.7 Å². The molecule has 0 saturated heterocycles. The maximum absolute atomic E-state index is 13.5. The van der Waals surface area contributed by atoms with Crippen LogP contribution in [0.3, 0.4) is 0 Å². The molecule has 0 aliphatic rings. The van der Waals surface area contributed by atoms with Gasteiger partial charge in [-0.1, -0.05) is 35.1 Å². The highest BCUT2D eigenvalue weighted by molar-refractivity contribution is 9.10. The Hall–Kier alpha value is -1.01. The molecule has 92 valence electrons. The van der Waals surface area contributed by atoms with Crippen molar-refractivity contribution >= 4 is 44.7 Å². The fraction of sp³-hybridized carbons (Fsp3) is 0.273. The molecule has 0 aromatic heterocycles. The first-order valence-corrected chi connectivity index (χ1v) is 6.21. The minimum atomic E-state index is -0.576. The van der Waals surface area contributed by atoms with E-state index in [2.05, 4.69) is 21.2 Å². The van der Waals surface area contributed by atoms with Gasteiger partial charge in [0.25, 0.3) is 0 Å². The molecule has 3 N–H and O–H groups in total. The van der Waals surface area contributed by atoms with Gasteiger partial charge in [0.1, 0.15) is 5.82 Å². The van der Waals surface area contributed by atoms with Gasteiger partial charge < -0.3 is 11.1 Å². The second-order valence-electron chi connectivity index (χ2n) is 3.48. The number of thiocarbonyl (C=S) groups is 1. The number of nitrogens with two attached hydrogens (primary N) is 1. The average Bonchev–Trinajstić information content (AvgIpc) is 2.22. The summed E-state index contributed by atoms with van der Waals surface area (Å²) in [6.45, 7) is 1.79. The molecule has 1 amide bonds. The molecular formula is C11H12BrFN2OS. The number of hydrogen-bond donors (Lipinski definition) is 2. The number of carbonyl (C=O) groups excluding carboxylic acids is 1. The summed E-state index contributed by atoms with van der Waals surface area (Å²) in [5.74, 6) is -1.47. The van der Waals surface area contributed by atoms with Crippen LogP contribution in [0.1, 0.15) is 13.3 Å². The van der Waals surface area contributed by atoms with Crippen LogP contribution in [0.4, 0.5) is 10.1 Å². The van der Waals surface area contributed by atoms with Gasteiger partial charge in [-0.25, -0.2) is 4.39 Å². The van der Waals surface area contributed by atoms with E-state index in [1.54, 1.807) is 13.0 Å². The lowest BCUT2D eigenvalue weighted by molar-refractivity contribution is -0.118. The molecule has 1 unspecified atom stereocenters. The van der Waals surface area contributed by atoms with Gasteiger partial charge in [-0.3, -0.25) is 4.79 Å². The predicted octanol–water partition coefficient (Wildman–Crippen LogP) is 2.84. The van der Waals surface area contributed by atoms with Crippen molar-refractivity contribution in [3.8, 4) is 0 Å². The predicted molar refractivity (Wildman–Crippen MR) is 73.3 cm³/mol. The quantitative estimate of drug-likeness (QED) is 0.839. The second kappa shape index (κ2) is 6.07. The highest BCUT2D eigenvalue weighted by Gasteiger charge is 2.20. The molecule has 3 nitrogen and oxygen atoms in total. The minimum absolute atomic E-state index is 0.113. The van der Waals surface area contributed by atoms with E-state index < -0.39 is 11.7 Å². The summed E-state index contributed by atoms with van der Waals surface area (Å²) in [5.41, 5.74) is 5.55. The number of hydrogen-bond acceptors (Lipinski definition) is 2. The van der Waals surface area contributed by atoms with Crippen molar-refractivity contribution in [3.05, 3.63) is 28.5 Å². The van der Waals surface area contributed by atoms with Gasteiger partial charge in [-0.05, 0) is 24.6 Å². The highest BCUT2D eigenvalue weighted by Crippen LogP contribution is 2.20. The van der Waals surface area contributed by atoms with Gasteiger partial charge in [0, 0.05) is 4.47 Å². The third-order valence-electron chi connectivity index (χ3n) is 2.26. The van der Waals surface area contributed by atoms with Gasteiger partial charge in [0.15, 0.2) is 0 Å². The van der Waals surface area contributed by atoms with Crippen LogP contribution in [0.2, 0.25) is 0 Å². The molecule has 1 rings (SSSR count). The van der Waals surface area contributed by atoms with Crippen LogP contribution in [-0.2, 0) is 4.79 Å². The molecule has 0 aliphatic heterocycles. The zero-order valence-corrected chi connectivity index (χ0v) is 11.6. The Kier molecular flexibility index (Phi) is 5.02. The van der Waals surface area contributed by atoms with E-state index in [-0.39, 0.29) is 16.6 Å². The molecule has 0 radical (unpaired) electrons. The van der Waals surface area contributed by atoms with E-state index in [4.69, 9.17) is 18.0 Å². The maximum Gasteiger partial charge on any atom is 0.234 e. The van der Waals surface area contributed by atoms with Crippen LogP contribution in [0.25, 0.3) is 0 Å². The van der Waals surface area contributed by atoms with E-state index in [0.29, 0.717) is 10.9 Å². The fourth-order valence-corrected chi connectivity index (χ4v) is 1.93. The molecule has 0 aliphatic carbocycles. The summed E-state index contributed by atoms with van der Waals surface area (Å²) in [7, 11) is 0. The molecule has 0 fully saturated rings. The molecule has 6 heteroatoms. The molecule has 0 heterocycles. The first-order chi connectivity index (χ1) is 7.95. The van der Waals surface area contributed by atoms with E-state index in [0.717, 1.165) is 0 Å². The van der Waals surface area contributed by atoms with Crippen molar-refractivity contribution in [2.45, 2.75) is 13.3 Å². The average molecular weight is 319 g/mol. The standard InChI is InChI=1S/C11H12BrFN2OS/c1-2-7(10(14)17)11(16)15-9-4-3-6(12)5-8(9)13/h3-5,7H,2H2,1H3,(H2,14,17)(H,15,16). The second-order valence-corrected chi connectivity index (χ2v) is 4.86. The van der Waals surface area contributed by atoms with Crippen molar-refractivity contribution in [2.24, 2.45) is 11.7 Å². The Labute approximate surface area is 113 Å². The summed E-state index contributed by atoms with van der Waals surface area (Å²) in [4.78, 5) is 11.9. The summed E-state index contributed by atoms with van der Waals surface area (Å²) in [6, 6.07) is 4.39. The topological polar surface area (TPSA) is 55.1 Å². The van der Waals surface area contributed by atoms with Crippen LogP contribution < -0.4 is 11.1 Å². The molecule has 1 aromatic rings. The lowest BCUT2D eigenvalue weighted by atomic mass is 10.1. The van der Waals surface area contributed by atoms with E-state index in [9.17, 15) is 9.18 Å². The van der Waals surface area contributed by atoms with Crippen LogP contribution in [-0.4, -0.2) is 10.9 Å². The van der Waals surface area contributed by atoms with E-state index in [1.165, 1.54) is 12.1 Å². The number of halogens is 2. The summed E-state index contributed by atoms with van der Waals surface area (Å²) in [6.07, 6.45) is 0.485. The largest absolute Gasteiger partial charge is 0.393 e. The van der Waals surface area contributed by atoms with Crippen molar-refractivity contribution in [2.75, 3.05) is 5.32 Å². The third kappa shape index (κ3) is 3.74. The first kappa shape index (κ1) is 14.1. The normalized spacial score (nSPS) is 11.9. The van der Waals surface area contributed by atoms with E-state index in [1.807, 2.05) is 0 Å². The summed E-state index contributed by atoms with van der Waals surface area (Å²) >= 11 is 7.91. The number of rotatable bonds is 4. The fourth-order valence-electron chi connectivity index (χ4n) is 1.33. The Morgan fingerprint density at radius 2 is 2.29 bits per heavy atom. The molecule has 0 saturated carbocycles. The van der Waals surface area contributed by atoms with E-state index >= 15 is 0 Å². The van der Waals surface area contributed by atoms with Crippen molar-refractivity contribution in [3.63, 3.8) is 0 Å². The summed E-state index contributed by atoms with van der Waals surface area (Å²) in [5, 5.41) is 2.47. The lowest BCUT2D eigenvalue weighted by Crippen LogP contribution is -2.32. The maximum atomic E-state index is 13.5. The van der Waals surface area contributed by atoms with Gasteiger partial charge in [-0.15, -0.1) is 0 Å².